The maximum Gasteiger partial charge on any atom is 0.242 e. The molecule has 1 aromatic carbocycles. The van der Waals surface area contributed by atoms with Crippen LogP contribution in [0.4, 0.5) is 5.69 Å². The van der Waals surface area contributed by atoms with E-state index in [2.05, 4.69) is 0 Å². The number of rotatable bonds is 3. The van der Waals surface area contributed by atoms with Gasteiger partial charge in [-0.25, -0.2) is 22.4 Å². The van der Waals surface area contributed by atoms with Crippen LogP contribution < -0.4 is 5.23 Å². The first-order valence-corrected chi connectivity index (χ1v) is 8.12. The highest BCUT2D eigenvalue weighted by Crippen LogP contribution is 2.40. The van der Waals surface area contributed by atoms with Crippen LogP contribution in [-0.2, 0) is 19.7 Å². The molecule has 0 N–H and O–H groups in total. The van der Waals surface area contributed by atoms with Crippen molar-refractivity contribution in [3.63, 3.8) is 0 Å². The van der Waals surface area contributed by atoms with Crippen LogP contribution in [0.3, 0.4) is 0 Å². The van der Waals surface area contributed by atoms with E-state index >= 15 is 0 Å². The number of hydrogen-bond acceptors (Lipinski definition) is 5. The predicted molar refractivity (Wildman–Crippen MR) is 80.1 cm³/mol. The van der Waals surface area contributed by atoms with Gasteiger partial charge in [0, 0.05) is 14.1 Å². The molecule has 6 nitrogen and oxygen atoms in total. The minimum Gasteiger partial charge on any atom is -0.239 e. The molecule has 0 unspecified atom stereocenters. The molecule has 0 spiro atoms. The average Bonchev–Trinajstić information content (AvgIpc) is 2.58. The molecule has 0 bridgehead atoms. The first kappa shape index (κ1) is 16.2. The smallest absolute Gasteiger partial charge is 0.239 e. The summed E-state index contributed by atoms with van der Waals surface area (Å²) >= 11 is 0. The molecule has 0 aliphatic carbocycles. The Morgan fingerprint density at radius 1 is 1.05 bits per heavy atom. The zero-order chi connectivity index (χ0) is 16.1. The highest BCUT2D eigenvalue weighted by Gasteiger charge is 2.50. The molecule has 118 valence electrons. The highest BCUT2D eigenvalue weighted by molar-refractivity contribution is 7.89. The van der Waals surface area contributed by atoms with E-state index in [1.165, 1.54) is 29.7 Å². The van der Waals surface area contributed by atoms with E-state index in [-0.39, 0.29) is 4.90 Å². The van der Waals surface area contributed by atoms with Gasteiger partial charge < -0.3 is 0 Å². The molecule has 0 atom stereocenters. The van der Waals surface area contributed by atoms with E-state index in [1.807, 2.05) is 27.7 Å². The summed E-state index contributed by atoms with van der Waals surface area (Å²) in [6, 6.07) is 6.49. The highest BCUT2D eigenvalue weighted by atomic mass is 32.2. The van der Waals surface area contributed by atoms with E-state index in [0.29, 0.717) is 5.69 Å². The zero-order valence-corrected chi connectivity index (χ0v) is 14.1. The molecule has 0 saturated carbocycles. The molecule has 7 heteroatoms. The lowest BCUT2D eigenvalue weighted by Crippen LogP contribution is -2.41. The second kappa shape index (κ2) is 4.95. The molecule has 21 heavy (non-hydrogen) atoms. The van der Waals surface area contributed by atoms with Crippen LogP contribution in [0.5, 0.6) is 0 Å². The van der Waals surface area contributed by atoms with Gasteiger partial charge in [0.1, 0.15) is 11.2 Å². The average molecular weight is 314 g/mol. The summed E-state index contributed by atoms with van der Waals surface area (Å²) in [7, 11) is -0.497. The standard InChI is InChI=1S/C14H22N2O4S/c1-13(2)14(3,4)20-16(19-13)11-8-7-9-12(10-11)21(17,18)15(5)6/h7-10H,1-6H3. The molecule has 1 aliphatic heterocycles. The second-order valence-electron chi connectivity index (χ2n) is 6.25. The van der Waals surface area contributed by atoms with Crippen LogP contribution in [0.25, 0.3) is 0 Å². The van der Waals surface area contributed by atoms with E-state index in [1.54, 1.807) is 18.2 Å². The van der Waals surface area contributed by atoms with Crippen molar-refractivity contribution in [3.8, 4) is 0 Å². The topological polar surface area (TPSA) is 59.1 Å². The first-order valence-electron chi connectivity index (χ1n) is 6.68. The Morgan fingerprint density at radius 2 is 1.57 bits per heavy atom. The molecule has 1 saturated heterocycles. The van der Waals surface area contributed by atoms with Gasteiger partial charge in [0.2, 0.25) is 10.0 Å². The minimum atomic E-state index is -3.49. The molecule has 0 amide bonds. The Labute approximate surface area is 126 Å². The lowest BCUT2D eigenvalue weighted by atomic mass is 9.90. The van der Waals surface area contributed by atoms with Gasteiger partial charge in [-0.3, -0.25) is 0 Å². The van der Waals surface area contributed by atoms with Crippen molar-refractivity contribution in [1.82, 2.24) is 4.31 Å². The van der Waals surface area contributed by atoms with Gasteiger partial charge in [0.25, 0.3) is 0 Å². The molecule has 1 aliphatic rings. The lowest BCUT2D eigenvalue weighted by molar-refractivity contribution is -0.0273. The maximum atomic E-state index is 12.2. The van der Waals surface area contributed by atoms with Crippen LogP contribution >= 0.6 is 0 Å². The van der Waals surface area contributed by atoms with Gasteiger partial charge in [-0.15, -0.1) is 5.23 Å². The fourth-order valence-electron chi connectivity index (χ4n) is 1.73. The van der Waals surface area contributed by atoms with Crippen LogP contribution in [0, 0.1) is 0 Å². The fourth-order valence-corrected chi connectivity index (χ4v) is 2.67. The molecule has 2 rings (SSSR count). The summed E-state index contributed by atoms with van der Waals surface area (Å²) in [4.78, 5) is 11.8. The molecular weight excluding hydrogens is 292 g/mol. The van der Waals surface area contributed by atoms with Crippen molar-refractivity contribution in [1.29, 1.82) is 0 Å². The predicted octanol–water partition coefficient (Wildman–Crippen LogP) is 2.18. The van der Waals surface area contributed by atoms with Gasteiger partial charge in [0.15, 0.2) is 0 Å². The lowest BCUT2D eigenvalue weighted by Gasteiger charge is -2.26. The summed E-state index contributed by atoms with van der Waals surface area (Å²) in [6.07, 6.45) is 0. The Morgan fingerprint density at radius 3 is 2.05 bits per heavy atom. The summed E-state index contributed by atoms with van der Waals surface area (Å²) < 4.78 is 25.5. The molecule has 1 heterocycles. The van der Waals surface area contributed by atoms with Crippen molar-refractivity contribution >= 4 is 15.7 Å². The Kier molecular flexibility index (Phi) is 3.82. The van der Waals surface area contributed by atoms with Crippen molar-refractivity contribution < 1.29 is 18.1 Å². The third kappa shape index (κ3) is 2.78. The Hall–Kier alpha value is -1.15. The summed E-state index contributed by atoms with van der Waals surface area (Å²) in [5, 5.41) is 1.29. The van der Waals surface area contributed by atoms with Crippen LogP contribution in [-0.4, -0.2) is 38.0 Å². The van der Waals surface area contributed by atoms with Crippen molar-refractivity contribution in [2.45, 2.75) is 43.8 Å². The number of anilines is 1. The van der Waals surface area contributed by atoms with E-state index in [9.17, 15) is 8.42 Å². The largest absolute Gasteiger partial charge is 0.242 e. The van der Waals surface area contributed by atoms with Gasteiger partial charge in [0.05, 0.1) is 10.6 Å². The van der Waals surface area contributed by atoms with Crippen molar-refractivity contribution in [3.05, 3.63) is 24.3 Å². The van der Waals surface area contributed by atoms with E-state index in [0.717, 1.165) is 0 Å². The Bertz CT molecular complexity index is 622. The van der Waals surface area contributed by atoms with Gasteiger partial charge in [-0.1, -0.05) is 6.07 Å². The number of sulfonamides is 1. The van der Waals surface area contributed by atoms with Gasteiger partial charge in [-0.2, -0.15) is 0 Å². The van der Waals surface area contributed by atoms with Gasteiger partial charge in [-0.05, 0) is 45.9 Å². The number of nitrogens with zero attached hydrogens (tertiary/aromatic N) is 2. The summed E-state index contributed by atoms with van der Waals surface area (Å²) in [5.74, 6) is 0. The van der Waals surface area contributed by atoms with Crippen molar-refractivity contribution in [2.75, 3.05) is 19.3 Å². The Balaban J connectivity index is 2.37. The zero-order valence-electron chi connectivity index (χ0n) is 13.2. The first-order chi connectivity index (χ1) is 9.47. The maximum absolute atomic E-state index is 12.2. The third-order valence-electron chi connectivity index (χ3n) is 3.88. The molecule has 1 aromatic rings. The SMILES string of the molecule is CN(C)S(=O)(=O)c1cccc(N2OC(C)(C)C(C)(C)O2)c1. The van der Waals surface area contributed by atoms with E-state index in [4.69, 9.17) is 9.68 Å². The van der Waals surface area contributed by atoms with Crippen LogP contribution in [0.1, 0.15) is 27.7 Å². The third-order valence-corrected chi connectivity index (χ3v) is 5.69. The summed E-state index contributed by atoms with van der Waals surface area (Å²) in [6.45, 7) is 7.70. The minimum absolute atomic E-state index is 0.194. The summed E-state index contributed by atoms with van der Waals surface area (Å²) in [5.41, 5.74) is -0.510. The van der Waals surface area contributed by atoms with E-state index < -0.39 is 21.2 Å². The van der Waals surface area contributed by atoms with Crippen molar-refractivity contribution in [2.24, 2.45) is 0 Å². The normalized spacial score (nSPS) is 21.0. The fraction of sp³-hybridized carbons (Fsp3) is 0.571. The second-order valence-corrected chi connectivity index (χ2v) is 8.40. The van der Waals surface area contributed by atoms with Crippen LogP contribution in [0.2, 0.25) is 0 Å². The number of hydrogen-bond donors (Lipinski definition) is 0. The number of benzene rings is 1. The molecule has 0 radical (unpaired) electrons. The molecule has 1 fully saturated rings. The molecular formula is C14H22N2O4S. The quantitative estimate of drug-likeness (QED) is 0.856. The molecule has 0 aromatic heterocycles. The van der Waals surface area contributed by atoms with Crippen LogP contribution in [0.15, 0.2) is 29.2 Å². The van der Waals surface area contributed by atoms with Gasteiger partial charge >= 0.3 is 0 Å². The monoisotopic (exact) mass is 314 g/mol.